The van der Waals surface area contributed by atoms with Gasteiger partial charge in [0.25, 0.3) is 0 Å². The van der Waals surface area contributed by atoms with Crippen LogP contribution in [-0.2, 0) is 9.59 Å². The lowest BCUT2D eigenvalue weighted by atomic mass is 9.69. The fourth-order valence-corrected chi connectivity index (χ4v) is 6.89. The molecule has 4 atom stereocenters. The maximum atomic E-state index is 12.5. The maximum absolute atomic E-state index is 12.5. The number of nitrogens with one attached hydrogen (secondary N) is 1. The van der Waals surface area contributed by atoms with Crippen molar-refractivity contribution in [3.8, 4) is 0 Å². The summed E-state index contributed by atoms with van der Waals surface area (Å²) in [5.74, 6) is 1.65. The lowest BCUT2D eigenvalue weighted by Crippen LogP contribution is -2.65. The molecule has 4 heterocycles. The van der Waals surface area contributed by atoms with Gasteiger partial charge in [0, 0.05) is 64.7 Å². The number of rotatable bonds is 8. The van der Waals surface area contributed by atoms with Crippen LogP contribution in [-0.4, -0.2) is 109 Å². The molecule has 2 amide bonds. The quantitative estimate of drug-likeness (QED) is 0.573. The van der Waals surface area contributed by atoms with E-state index in [1.54, 1.807) is 6.92 Å². The van der Waals surface area contributed by atoms with Gasteiger partial charge >= 0.3 is 0 Å². The van der Waals surface area contributed by atoms with Crippen LogP contribution in [0.3, 0.4) is 0 Å². The van der Waals surface area contributed by atoms with Crippen molar-refractivity contribution in [1.29, 1.82) is 0 Å². The number of carbonyl (C=O) groups excluding carboxylic acids is 2. The number of nitrogens with zero attached hydrogens (tertiary/aromatic N) is 4. The number of hydrogen-bond acceptors (Lipinski definition) is 5. The van der Waals surface area contributed by atoms with E-state index in [1.807, 2.05) is 0 Å². The molecular weight excluding hydrogens is 402 g/mol. The molecule has 0 spiro atoms. The number of amides is 2. The van der Waals surface area contributed by atoms with Crippen LogP contribution in [0, 0.1) is 11.8 Å². The van der Waals surface area contributed by atoms with Gasteiger partial charge in [0.15, 0.2) is 0 Å². The molecule has 0 bridgehead atoms. The molecule has 32 heavy (non-hydrogen) atoms. The van der Waals surface area contributed by atoms with Gasteiger partial charge in [-0.2, -0.15) is 0 Å². The van der Waals surface area contributed by atoms with Crippen molar-refractivity contribution < 1.29 is 9.59 Å². The summed E-state index contributed by atoms with van der Waals surface area (Å²) >= 11 is 0. The number of piperazine rings is 1. The van der Waals surface area contributed by atoms with Crippen molar-refractivity contribution in [2.45, 2.75) is 70.4 Å². The SMILES string of the molecule is CC(=O)N1C[C@@H]2CCCN3CCC[C@@H]([C@H]23)[C@H]1CCCC(=O)NCCCN1CCN(C)CC1. The Hall–Kier alpha value is -1.18. The number of hydrogen-bond donors (Lipinski definition) is 1. The van der Waals surface area contributed by atoms with Gasteiger partial charge < -0.3 is 20.0 Å². The molecule has 0 unspecified atom stereocenters. The molecule has 4 fully saturated rings. The molecule has 4 rings (SSSR count). The molecule has 7 nitrogen and oxygen atoms in total. The van der Waals surface area contributed by atoms with Crippen molar-refractivity contribution in [3.63, 3.8) is 0 Å². The number of piperidine rings is 3. The minimum Gasteiger partial charge on any atom is -0.356 e. The molecule has 4 saturated heterocycles. The predicted molar refractivity (Wildman–Crippen MR) is 127 cm³/mol. The second kappa shape index (κ2) is 11.3. The van der Waals surface area contributed by atoms with Crippen molar-refractivity contribution >= 4 is 11.8 Å². The highest BCUT2D eigenvalue weighted by molar-refractivity contribution is 5.76. The Morgan fingerprint density at radius 2 is 1.72 bits per heavy atom. The predicted octanol–water partition coefficient (Wildman–Crippen LogP) is 1.63. The summed E-state index contributed by atoms with van der Waals surface area (Å²) in [4.78, 5) is 34.7. The van der Waals surface area contributed by atoms with Gasteiger partial charge in [-0.3, -0.25) is 14.5 Å². The average Bonchev–Trinajstić information content (AvgIpc) is 2.79. The van der Waals surface area contributed by atoms with E-state index in [1.165, 1.54) is 38.8 Å². The van der Waals surface area contributed by atoms with E-state index in [9.17, 15) is 9.59 Å². The molecule has 182 valence electrons. The van der Waals surface area contributed by atoms with E-state index >= 15 is 0 Å². The molecule has 4 aliphatic heterocycles. The minimum atomic E-state index is 0.175. The summed E-state index contributed by atoms with van der Waals surface area (Å²) in [6, 6.07) is 0.987. The third-order valence-electron chi connectivity index (χ3n) is 8.55. The van der Waals surface area contributed by atoms with E-state index in [4.69, 9.17) is 0 Å². The third kappa shape index (κ3) is 5.84. The average molecular weight is 448 g/mol. The van der Waals surface area contributed by atoms with Gasteiger partial charge in [-0.25, -0.2) is 0 Å². The van der Waals surface area contributed by atoms with Crippen LogP contribution < -0.4 is 5.32 Å². The summed E-state index contributed by atoms with van der Waals surface area (Å²) in [6.07, 6.45) is 8.50. The van der Waals surface area contributed by atoms with Crippen molar-refractivity contribution in [2.24, 2.45) is 11.8 Å². The van der Waals surface area contributed by atoms with E-state index in [-0.39, 0.29) is 11.8 Å². The number of likely N-dealkylation sites (N-methyl/N-ethyl adjacent to an activating group) is 1. The van der Waals surface area contributed by atoms with Crippen LogP contribution in [0.15, 0.2) is 0 Å². The summed E-state index contributed by atoms with van der Waals surface area (Å²) in [7, 11) is 2.18. The smallest absolute Gasteiger partial charge is 0.219 e. The number of likely N-dealkylation sites (tertiary alicyclic amines) is 1. The Morgan fingerprint density at radius 3 is 2.47 bits per heavy atom. The van der Waals surface area contributed by atoms with E-state index in [0.717, 1.165) is 65.1 Å². The van der Waals surface area contributed by atoms with Crippen molar-refractivity contribution in [3.05, 3.63) is 0 Å². The van der Waals surface area contributed by atoms with E-state index in [2.05, 4.69) is 32.0 Å². The summed E-state index contributed by atoms with van der Waals surface area (Å²) in [5, 5.41) is 3.13. The monoisotopic (exact) mass is 447 g/mol. The van der Waals surface area contributed by atoms with Crippen LogP contribution >= 0.6 is 0 Å². The van der Waals surface area contributed by atoms with Crippen LogP contribution in [0.4, 0.5) is 0 Å². The third-order valence-corrected chi connectivity index (χ3v) is 8.55. The Bertz CT molecular complexity index is 634. The molecule has 0 aliphatic carbocycles. The molecule has 0 aromatic heterocycles. The Kier molecular flexibility index (Phi) is 8.46. The standard InChI is InChI=1S/C25H45N5O2/c1-20(31)30-19-21-7-4-13-29-14-5-8-22(25(21)29)23(30)9-3-10-24(32)26-11-6-12-28-17-15-27(2)16-18-28/h21-23,25H,3-19H2,1-2H3,(H,26,32)/t21-,22+,23+,25-/m0/s1. The fraction of sp³-hybridized carbons (Fsp3) is 0.920. The lowest BCUT2D eigenvalue weighted by molar-refractivity contribution is -0.144. The highest BCUT2D eigenvalue weighted by Crippen LogP contribution is 2.43. The van der Waals surface area contributed by atoms with Gasteiger partial charge in [0.1, 0.15) is 0 Å². The molecule has 0 radical (unpaired) electrons. The molecule has 0 aromatic carbocycles. The first-order valence-corrected chi connectivity index (χ1v) is 13.2. The maximum Gasteiger partial charge on any atom is 0.219 e. The van der Waals surface area contributed by atoms with Gasteiger partial charge in [0.05, 0.1) is 0 Å². The molecule has 4 aliphatic rings. The highest BCUT2D eigenvalue weighted by atomic mass is 16.2. The molecule has 0 saturated carbocycles. The topological polar surface area (TPSA) is 59.1 Å². The summed E-state index contributed by atoms with van der Waals surface area (Å²) in [5.41, 5.74) is 0. The zero-order valence-corrected chi connectivity index (χ0v) is 20.4. The zero-order chi connectivity index (χ0) is 22.5. The Morgan fingerprint density at radius 1 is 0.969 bits per heavy atom. The van der Waals surface area contributed by atoms with Gasteiger partial charge in [-0.1, -0.05) is 0 Å². The molecule has 0 aromatic rings. The second-order valence-electron chi connectivity index (χ2n) is 10.7. The van der Waals surface area contributed by atoms with Gasteiger partial charge in [0.2, 0.25) is 11.8 Å². The Labute approximate surface area is 194 Å². The zero-order valence-electron chi connectivity index (χ0n) is 20.4. The van der Waals surface area contributed by atoms with Gasteiger partial charge in [-0.05, 0) is 83.5 Å². The van der Waals surface area contributed by atoms with Crippen molar-refractivity contribution in [2.75, 3.05) is 66.0 Å². The largest absolute Gasteiger partial charge is 0.356 e. The van der Waals surface area contributed by atoms with Gasteiger partial charge in [-0.15, -0.1) is 0 Å². The van der Waals surface area contributed by atoms with Crippen LogP contribution in [0.2, 0.25) is 0 Å². The lowest BCUT2D eigenvalue weighted by Gasteiger charge is -2.57. The molecule has 7 heteroatoms. The van der Waals surface area contributed by atoms with E-state index < -0.39 is 0 Å². The number of carbonyl (C=O) groups is 2. The highest BCUT2D eigenvalue weighted by Gasteiger charge is 2.48. The van der Waals surface area contributed by atoms with Crippen LogP contribution in [0.25, 0.3) is 0 Å². The second-order valence-corrected chi connectivity index (χ2v) is 10.7. The Balaban J connectivity index is 1.20. The minimum absolute atomic E-state index is 0.175. The van der Waals surface area contributed by atoms with Crippen LogP contribution in [0.5, 0.6) is 0 Å². The summed E-state index contributed by atoms with van der Waals surface area (Å²) in [6.45, 7) is 11.6. The summed E-state index contributed by atoms with van der Waals surface area (Å²) < 4.78 is 0. The first-order chi connectivity index (χ1) is 15.5. The first kappa shape index (κ1) is 24.0. The van der Waals surface area contributed by atoms with Crippen molar-refractivity contribution in [1.82, 2.24) is 24.9 Å². The fourth-order valence-electron chi connectivity index (χ4n) is 6.89. The first-order valence-electron chi connectivity index (χ1n) is 13.2. The molecular formula is C25H45N5O2. The normalized spacial score (nSPS) is 31.9. The van der Waals surface area contributed by atoms with E-state index in [0.29, 0.717) is 30.3 Å². The molecule has 1 N–H and O–H groups in total. The van der Waals surface area contributed by atoms with Crippen LogP contribution in [0.1, 0.15) is 58.3 Å².